The molecule has 2 saturated carbocycles. The van der Waals surface area contributed by atoms with Crippen molar-refractivity contribution in [3.8, 4) is 0 Å². The van der Waals surface area contributed by atoms with Gasteiger partial charge in [-0.1, -0.05) is 49.2 Å². The summed E-state index contributed by atoms with van der Waals surface area (Å²) in [5.41, 5.74) is 6.89. The van der Waals surface area contributed by atoms with Crippen LogP contribution in [0.15, 0.2) is 48.5 Å². The molecule has 0 atom stereocenters. The molecule has 0 bridgehead atoms. The van der Waals surface area contributed by atoms with Crippen LogP contribution in [-0.2, 0) is 0 Å². The molecule has 2 aliphatic carbocycles. The Balaban J connectivity index is 0.000000504. The topological polar surface area (TPSA) is 242 Å². The summed E-state index contributed by atoms with van der Waals surface area (Å²) in [5.74, 6) is -5.49. The minimum Gasteiger partial charge on any atom is -0.545 e. The maximum Gasteiger partial charge on any atom is 0.336 e. The molecule has 11 nitrogen and oxygen atoms in total. The lowest BCUT2D eigenvalue weighted by Crippen LogP contribution is -2.61. The number of carbonyl (C=O) groups is 4. The van der Waals surface area contributed by atoms with Crippen molar-refractivity contribution in [1.29, 1.82) is 0 Å². The van der Waals surface area contributed by atoms with Crippen LogP contribution in [-0.4, -0.2) is 51.7 Å². The summed E-state index contributed by atoms with van der Waals surface area (Å²) in [6.45, 7) is 0. The Morgan fingerprint density at radius 2 is 0.821 bits per heavy atom. The average Bonchev–Trinajstić information content (AvgIpc) is 2.90. The zero-order valence-electron chi connectivity index (χ0n) is 22.1. The quantitative estimate of drug-likeness (QED) is 0.397. The Hall–Kier alpha value is -3.80. The first kappa shape index (κ1) is 35.2. The molecule has 2 aromatic rings. The van der Waals surface area contributed by atoms with Crippen LogP contribution in [0.4, 0.5) is 0 Å². The van der Waals surface area contributed by atoms with Crippen LogP contribution < -0.4 is 21.7 Å². The van der Waals surface area contributed by atoms with Crippen LogP contribution >= 0.6 is 0 Å². The van der Waals surface area contributed by atoms with Crippen LogP contribution in [0.5, 0.6) is 0 Å². The smallest absolute Gasteiger partial charge is 0.336 e. The molecule has 0 saturated heterocycles. The number of rotatable bonds is 4. The number of hydrogen-bond donors (Lipinski definition) is 4. The molecule has 11 heteroatoms. The molecule has 0 unspecified atom stereocenters. The lowest BCUT2D eigenvalue weighted by Gasteiger charge is -2.12. The Kier molecular flexibility index (Phi) is 17.4. The predicted molar refractivity (Wildman–Crippen MR) is 139 cm³/mol. The molecular weight excluding hydrogens is 508 g/mol. The second kappa shape index (κ2) is 19.3. The van der Waals surface area contributed by atoms with Gasteiger partial charge in [-0.15, -0.1) is 0 Å². The van der Waals surface area contributed by atoms with Crippen molar-refractivity contribution in [1.82, 2.24) is 0 Å². The molecule has 0 aromatic heterocycles. The van der Waals surface area contributed by atoms with Crippen molar-refractivity contribution >= 4 is 23.9 Å². The second-order valence-electron chi connectivity index (χ2n) is 9.28. The van der Waals surface area contributed by atoms with E-state index in [0.717, 1.165) is 12.1 Å². The maximum absolute atomic E-state index is 10.4. The van der Waals surface area contributed by atoms with Gasteiger partial charge < -0.3 is 47.0 Å². The first-order valence-corrected chi connectivity index (χ1v) is 12.8. The summed E-state index contributed by atoms with van der Waals surface area (Å²) in [5, 5.41) is 37.8. The van der Waals surface area contributed by atoms with Crippen molar-refractivity contribution in [2.24, 2.45) is 0 Å². The van der Waals surface area contributed by atoms with E-state index in [0.29, 0.717) is 0 Å². The van der Waals surface area contributed by atoms with E-state index in [2.05, 4.69) is 11.5 Å². The number of aromatic carboxylic acids is 4. The van der Waals surface area contributed by atoms with E-state index in [-0.39, 0.29) is 27.7 Å². The third kappa shape index (κ3) is 14.1. The average molecular weight is 549 g/mol. The van der Waals surface area contributed by atoms with E-state index < -0.39 is 23.9 Å². The first-order chi connectivity index (χ1) is 18.0. The fraction of sp³-hybridized carbons (Fsp3) is 0.429. The van der Waals surface area contributed by atoms with Crippen molar-refractivity contribution in [2.75, 3.05) is 0 Å². The molecule has 0 amide bonds. The number of carbonyl (C=O) groups excluding carboxylic acids is 2. The summed E-state index contributed by atoms with van der Waals surface area (Å²) in [6.07, 6.45) is 14.1. The second-order valence-corrected chi connectivity index (χ2v) is 9.28. The van der Waals surface area contributed by atoms with E-state index in [9.17, 15) is 29.4 Å². The van der Waals surface area contributed by atoms with Crippen LogP contribution in [0.25, 0.3) is 0 Å². The monoisotopic (exact) mass is 548 g/mol. The molecule has 2 fully saturated rings. The first-order valence-electron chi connectivity index (χ1n) is 12.8. The van der Waals surface area contributed by atoms with Gasteiger partial charge in [0.15, 0.2) is 0 Å². The highest BCUT2D eigenvalue weighted by atomic mass is 16.4. The predicted octanol–water partition coefficient (Wildman–Crippen LogP) is -0.206. The van der Waals surface area contributed by atoms with Crippen molar-refractivity contribution < 1.29 is 56.5 Å². The van der Waals surface area contributed by atoms with Gasteiger partial charge in [-0.3, -0.25) is 0 Å². The fourth-order valence-corrected chi connectivity index (χ4v) is 4.07. The van der Waals surface area contributed by atoms with Crippen molar-refractivity contribution in [3.63, 3.8) is 0 Å². The normalized spacial score (nSPS) is 14.8. The SMILES string of the molecule is O.O=C([O-])c1ccccc1C(=O)O.O=C([O-])c1ccccc1C(=O)O.[NH3+]C1CCCCC1.[NH3+]C1CCCCC1. The Morgan fingerprint density at radius 1 is 0.564 bits per heavy atom. The third-order valence-electron chi connectivity index (χ3n) is 6.20. The molecule has 2 aromatic carbocycles. The molecule has 216 valence electrons. The summed E-state index contributed by atoms with van der Waals surface area (Å²) in [4.78, 5) is 41.6. The van der Waals surface area contributed by atoms with Gasteiger partial charge in [0, 0.05) is 11.1 Å². The molecule has 2 aliphatic rings. The minimum atomic E-state index is -1.48. The third-order valence-corrected chi connectivity index (χ3v) is 6.20. The highest BCUT2D eigenvalue weighted by molar-refractivity contribution is 6.01. The summed E-state index contributed by atoms with van der Waals surface area (Å²) in [7, 11) is 0. The van der Waals surface area contributed by atoms with Gasteiger partial charge in [-0.2, -0.15) is 0 Å². The van der Waals surface area contributed by atoms with E-state index in [1.807, 2.05) is 0 Å². The van der Waals surface area contributed by atoms with Gasteiger partial charge in [0.05, 0.1) is 35.1 Å². The molecule has 0 heterocycles. The van der Waals surface area contributed by atoms with E-state index in [1.165, 1.54) is 113 Å². The van der Waals surface area contributed by atoms with E-state index in [1.54, 1.807) is 0 Å². The van der Waals surface area contributed by atoms with Crippen LogP contribution in [0.3, 0.4) is 0 Å². The number of carboxylic acids is 4. The zero-order valence-corrected chi connectivity index (χ0v) is 22.1. The van der Waals surface area contributed by atoms with Gasteiger partial charge in [0.25, 0.3) is 0 Å². The highest BCUT2D eigenvalue weighted by Gasteiger charge is 2.11. The zero-order chi connectivity index (χ0) is 28.5. The molecule has 0 radical (unpaired) electrons. The Bertz CT molecular complexity index is 897. The van der Waals surface area contributed by atoms with Crippen molar-refractivity contribution in [3.05, 3.63) is 70.8 Å². The van der Waals surface area contributed by atoms with E-state index >= 15 is 0 Å². The lowest BCUT2D eigenvalue weighted by molar-refractivity contribution is -0.425. The fourth-order valence-electron chi connectivity index (χ4n) is 4.07. The van der Waals surface area contributed by atoms with Crippen LogP contribution in [0, 0.1) is 0 Å². The summed E-state index contributed by atoms with van der Waals surface area (Å²) >= 11 is 0. The minimum absolute atomic E-state index is 0. The Labute approximate surface area is 227 Å². The number of carboxylic acid groups (broad SMARTS) is 4. The Morgan fingerprint density at radius 3 is 0.974 bits per heavy atom. The van der Waals surface area contributed by atoms with Crippen molar-refractivity contribution in [2.45, 2.75) is 76.3 Å². The van der Waals surface area contributed by atoms with Gasteiger partial charge in [0.1, 0.15) is 0 Å². The number of benzene rings is 2. The molecular formula is C28H40N2O9. The molecule has 0 spiro atoms. The maximum atomic E-state index is 10.4. The largest absolute Gasteiger partial charge is 0.545 e. The van der Waals surface area contributed by atoms with Gasteiger partial charge >= 0.3 is 11.9 Å². The van der Waals surface area contributed by atoms with E-state index in [4.69, 9.17) is 10.2 Å². The summed E-state index contributed by atoms with van der Waals surface area (Å²) in [6, 6.07) is 12.2. The number of hydrogen-bond acceptors (Lipinski definition) is 6. The highest BCUT2D eigenvalue weighted by Crippen LogP contribution is 2.14. The summed E-state index contributed by atoms with van der Waals surface area (Å²) < 4.78 is 0. The van der Waals surface area contributed by atoms with Gasteiger partial charge in [0.2, 0.25) is 0 Å². The van der Waals surface area contributed by atoms with Gasteiger partial charge in [-0.05, 0) is 63.5 Å². The molecule has 10 N–H and O–H groups in total. The molecule has 4 rings (SSSR count). The van der Waals surface area contributed by atoms with Crippen LogP contribution in [0.2, 0.25) is 0 Å². The number of quaternary nitrogens is 2. The molecule has 0 aliphatic heterocycles. The molecule has 39 heavy (non-hydrogen) atoms. The van der Waals surface area contributed by atoms with Crippen LogP contribution in [0.1, 0.15) is 106 Å². The lowest BCUT2D eigenvalue weighted by atomic mass is 9.97. The standard InChI is InChI=1S/2C8H6O4.2C6H13N.H2O/c2*9-7(10)5-3-1-2-4-6(5)8(11)12;2*7-6-4-2-1-3-5-6;/h2*1-4H,(H,9,10)(H,11,12);2*6H,1-5,7H2;1H2. The van der Waals surface area contributed by atoms with Gasteiger partial charge in [-0.25, -0.2) is 9.59 Å².